The number of nitrogens with zero attached hydrogens (tertiary/aromatic N) is 3. The normalized spacial score (nSPS) is 10.6. The lowest BCUT2D eigenvalue weighted by Gasteiger charge is -2.09. The third-order valence-corrected chi connectivity index (χ3v) is 4.19. The van der Waals surface area contributed by atoms with Gasteiger partial charge in [0, 0.05) is 28.8 Å². The molecule has 7 nitrogen and oxygen atoms in total. The number of benzene rings is 3. The van der Waals surface area contributed by atoms with Crippen molar-refractivity contribution >= 4 is 28.2 Å². The van der Waals surface area contributed by atoms with Crippen molar-refractivity contribution in [1.29, 1.82) is 0 Å². The van der Waals surface area contributed by atoms with Crippen LogP contribution in [0.4, 0.5) is 11.4 Å². The van der Waals surface area contributed by atoms with Gasteiger partial charge in [0.05, 0.1) is 16.1 Å². The molecule has 0 saturated carbocycles. The van der Waals surface area contributed by atoms with Gasteiger partial charge in [-0.1, -0.05) is 36.4 Å². The third kappa shape index (κ3) is 3.41. The molecule has 0 atom stereocenters. The van der Waals surface area contributed by atoms with E-state index in [9.17, 15) is 14.9 Å². The summed E-state index contributed by atoms with van der Waals surface area (Å²) < 4.78 is 0. The van der Waals surface area contributed by atoms with Crippen LogP contribution < -0.4 is 5.32 Å². The van der Waals surface area contributed by atoms with E-state index in [1.165, 1.54) is 12.1 Å². The van der Waals surface area contributed by atoms with E-state index in [1.807, 2.05) is 36.4 Å². The molecule has 0 aliphatic carbocycles. The monoisotopic (exact) mass is 370 g/mol. The van der Waals surface area contributed by atoms with E-state index < -0.39 is 10.8 Å². The highest BCUT2D eigenvalue weighted by molar-refractivity contribution is 6.04. The number of rotatable bonds is 4. The smallest absolute Gasteiger partial charge is 0.293 e. The molecule has 1 aromatic heterocycles. The number of nitro benzene ring substituents is 1. The Morgan fingerprint density at radius 1 is 0.857 bits per heavy atom. The molecule has 3 aromatic carbocycles. The Bertz CT molecular complexity index is 1180. The zero-order valence-electron chi connectivity index (χ0n) is 14.6. The Morgan fingerprint density at radius 3 is 2.25 bits per heavy atom. The number of amides is 1. The first-order valence-corrected chi connectivity index (χ1v) is 8.50. The van der Waals surface area contributed by atoms with Gasteiger partial charge in [-0.15, -0.1) is 0 Å². The van der Waals surface area contributed by atoms with Gasteiger partial charge in [0.1, 0.15) is 0 Å². The number of aromatic nitrogens is 2. The fourth-order valence-corrected chi connectivity index (χ4v) is 2.85. The van der Waals surface area contributed by atoms with Crippen molar-refractivity contribution < 1.29 is 9.72 Å². The Hall–Kier alpha value is -4.13. The molecule has 1 amide bonds. The van der Waals surface area contributed by atoms with Crippen LogP contribution in [-0.2, 0) is 0 Å². The Morgan fingerprint density at radius 2 is 1.54 bits per heavy atom. The number of para-hydroxylation sites is 2. The second kappa shape index (κ2) is 7.24. The molecule has 1 heterocycles. The van der Waals surface area contributed by atoms with Crippen molar-refractivity contribution in [2.45, 2.75) is 0 Å². The van der Waals surface area contributed by atoms with Crippen molar-refractivity contribution in [2.75, 3.05) is 5.32 Å². The largest absolute Gasteiger partial charge is 0.319 e. The summed E-state index contributed by atoms with van der Waals surface area (Å²) in [6.07, 6.45) is 0. The van der Waals surface area contributed by atoms with Gasteiger partial charge >= 0.3 is 0 Å². The highest BCUT2D eigenvalue weighted by Gasteiger charge is 2.16. The molecular weight excluding hydrogens is 356 g/mol. The number of non-ortho nitro benzene ring substituents is 1. The molecule has 136 valence electrons. The molecule has 0 aliphatic rings. The van der Waals surface area contributed by atoms with Crippen LogP contribution in [0.5, 0.6) is 0 Å². The number of hydrogen-bond acceptors (Lipinski definition) is 5. The van der Waals surface area contributed by atoms with E-state index in [1.54, 1.807) is 30.3 Å². The van der Waals surface area contributed by atoms with Gasteiger partial charge in [-0.25, -0.2) is 9.97 Å². The van der Waals surface area contributed by atoms with Crippen molar-refractivity contribution in [3.05, 3.63) is 94.8 Å². The molecule has 28 heavy (non-hydrogen) atoms. The number of carbonyl (C=O) groups excluding carboxylic acids is 1. The first-order valence-electron chi connectivity index (χ1n) is 8.50. The van der Waals surface area contributed by atoms with Crippen molar-refractivity contribution in [3.63, 3.8) is 0 Å². The van der Waals surface area contributed by atoms with Crippen LogP contribution in [0.3, 0.4) is 0 Å². The molecule has 4 aromatic rings. The summed E-state index contributed by atoms with van der Waals surface area (Å²) in [6.45, 7) is 0. The zero-order chi connectivity index (χ0) is 19.5. The average molecular weight is 370 g/mol. The maximum atomic E-state index is 12.7. The molecule has 0 aliphatic heterocycles. The molecule has 4 rings (SSSR count). The van der Waals surface area contributed by atoms with Gasteiger partial charge in [-0.2, -0.15) is 0 Å². The number of fused-ring (bicyclic) bond motifs is 1. The van der Waals surface area contributed by atoms with E-state index in [4.69, 9.17) is 0 Å². The maximum absolute atomic E-state index is 12.7. The number of nitrogens with one attached hydrogen (secondary N) is 1. The molecule has 7 heteroatoms. The van der Waals surface area contributed by atoms with Crippen molar-refractivity contribution in [1.82, 2.24) is 9.97 Å². The number of carbonyl (C=O) groups is 1. The van der Waals surface area contributed by atoms with Crippen LogP contribution in [-0.4, -0.2) is 20.8 Å². The Balaban J connectivity index is 1.79. The second-order valence-electron chi connectivity index (χ2n) is 6.04. The molecular formula is C21H14N4O3. The van der Waals surface area contributed by atoms with E-state index >= 15 is 0 Å². The predicted octanol–water partition coefficient (Wildman–Crippen LogP) is 4.46. The van der Waals surface area contributed by atoms with Crippen LogP contribution in [0.15, 0.2) is 78.9 Å². The van der Waals surface area contributed by atoms with Gasteiger partial charge in [0.15, 0.2) is 0 Å². The van der Waals surface area contributed by atoms with Gasteiger partial charge < -0.3 is 5.32 Å². The predicted molar refractivity (Wildman–Crippen MR) is 106 cm³/mol. The minimum absolute atomic E-state index is 0.0100. The minimum Gasteiger partial charge on any atom is -0.319 e. The van der Waals surface area contributed by atoms with Gasteiger partial charge in [0.25, 0.3) is 11.6 Å². The van der Waals surface area contributed by atoms with Crippen LogP contribution in [0.2, 0.25) is 0 Å². The summed E-state index contributed by atoms with van der Waals surface area (Å²) in [5.74, 6) is -0.406. The average Bonchev–Trinajstić information content (AvgIpc) is 2.73. The lowest BCUT2D eigenvalue weighted by molar-refractivity contribution is -0.384. The molecule has 1 N–H and O–H groups in total. The molecule has 0 bridgehead atoms. The molecule has 0 unspecified atom stereocenters. The van der Waals surface area contributed by atoms with E-state index in [2.05, 4.69) is 15.3 Å². The summed E-state index contributed by atoms with van der Waals surface area (Å²) >= 11 is 0. The molecule has 0 saturated heterocycles. The first-order chi connectivity index (χ1) is 13.6. The highest BCUT2D eigenvalue weighted by atomic mass is 16.6. The first kappa shape index (κ1) is 17.3. The quantitative estimate of drug-likeness (QED) is 0.422. The molecule has 0 fully saturated rings. The van der Waals surface area contributed by atoms with Gasteiger partial charge in [-0.3, -0.25) is 14.9 Å². The summed E-state index contributed by atoms with van der Waals surface area (Å²) in [4.78, 5) is 31.9. The second-order valence-corrected chi connectivity index (χ2v) is 6.04. The van der Waals surface area contributed by atoms with Gasteiger partial charge in [0.2, 0.25) is 5.82 Å². The summed E-state index contributed by atoms with van der Waals surface area (Å²) in [6, 6.07) is 22.4. The fourth-order valence-electron chi connectivity index (χ4n) is 2.85. The van der Waals surface area contributed by atoms with E-state index in [0.717, 1.165) is 5.39 Å². The van der Waals surface area contributed by atoms with Crippen molar-refractivity contribution in [3.8, 4) is 11.3 Å². The third-order valence-electron chi connectivity index (χ3n) is 4.19. The van der Waals surface area contributed by atoms with Gasteiger partial charge in [-0.05, 0) is 30.3 Å². The SMILES string of the molecule is O=C(Nc1ccccc1)c1nc(-c2ccc([N+](=O)[O-])cc2)c2ccccc2n1. The van der Waals surface area contributed by atoms with E-state index in [-0.39, 0.29) is 11.5 Å². The number of anilines is 1. The van der Waals surface area contributed by atoms with Crippen LogP contribution in [0.1, 0.15) is 10.6 Å². The highest BCUT2D eigenvalue weighted by Crippen LogP contribution is 2.27. The lowest BCUT2D eigenvalue weighted by Crippen LogP contribution is -2.16. The molecule has 0 spiro atoms. The van der Waals surface area contributed by atoms with Crippen molar-refractivity contribution in [2.24, 2.45) is 0 Å². The van der Waals surface area contributed by atoms with Crippen LogP contribution in [0, 0.1) is 10.1 Å². The Kier molecular flexibility index (Phi) is 4.47. The molecule has 0 radical (unpaired) electrons. The topological polar surface area (TPSA) is 98.0 Å². The lowest BCUT2D eigenvalue weighted by atomic mass is 10.1. The minimum atomic E-state index is -0.458. The zero-order valence-corrected chi connectivity index (χ0v) is 14.6. The summed E-state index contributed by atoms with van der Waals surface area (Å²) in [7, 11) is 0. The standard InChI is InChI=1S/C21H14N4O3/c26-21(22-15-6-2-1-3-7-15)20-23-18-9-5-4-8-17(18)19(24-20)14-10-12-16(13-11-14)25(27)28/h1-13H,(H,22,26). The van der Waals surface area contributed by atoms with Crippen LogP contribution >= 0.6 is 0 Å². The Labute approximate surface area is 159 Å². The number of hydrogen-bond donors (Lipinski definition) is 1. The van der Waals surface area contributed by atoms with Crippen LogP contribution in [0.25, 0.3) is 22.2 Å². The number of nitro groups is 1. The summed E-state index contributed by atoms with van der Waals surface area (Å²) in [5, 5.41) is 14.4. The fraction of sp³-hybridized carbons (Fsp3) is 0. The summed E-state index contributed by atoms with van der Waals surface area (Å²) in [5.41, 5.74) is 2.45. The maximum Gasteiger partial charge on any atom is 0.293 e. The van der Waals surface area contributed by atoms with E-state index in [0.29, 0.717) is 22.5 Å².